The van der Waals surface area contributed by atoms with Crippen molar-refractivity contribution in [2.24, 2.45) is 11.3 Å². The zero-order chi connectivity index (χ0) is 25.2. The Bertz CT molecular complexity index is 1060. The van der Waals surface area contributed by atoms with Gasteiger partial charge in [-0.25, -0.2) is 0 Å². The number of aliphatic carboxylic acids is 1. The highest BCUT2D eigenvalue weighted by molar-refractivity contribution is 6.30. The van der Waals surface area contributed by atoms with Crippen molar-refractivity contribution >= 4 is 35.1 Å². The summed E-state index contributed by atoms with van der Waals surface area (Å²) in [6.45, 7) is 4.96. The van der Waals surface area contributed by atoms with E-state index in [0.29, 0.717) is 42.0 Å². The number of hydrogen-bond acceptors (Lipinski definition) is 3. The van der Waals surface area contributed by atoms with Crippen LogP contribution in [-0.4, -0.2) is 41.1 Å². The average molecular weight is 518 g/mol. The molecule has 1 N–H and O–H groups in total. The second kappa shape index (κ2) is 10.9. The average Bonchev–Trinajstić information content (AvgIpc) is 3.63. The van der Waals surface area contributed by atoms with Gasteiger partial charge in [0.2, 0.25) is 5.91 Å². The first-order valence-electron chi connectivity index (χ1n) is 12.3. The molecule has 188 valence electrons. The normalized spacial score (nSPS) is 25.5. The van der Waals surface area contributed by atoms with Gasteiger partial charge in [0.05, 0.1) is 30.5 Å². The molecule has 2 fully saturated rings. The molecule has 0 radical (unpaired) electrons. The number of ether oxygens (including phenoxy) is 1. The SMILES string of the molecule is CCC(COCC1CC1)N1C(=O)C(C)(CC(=O)O)CC(c2cccc(Cl)c2)C1c1ccc(Cl)cc1. The molecule has 7 heteroatoms. The maximum atomic E-state index is 14.1. The first-order chi connectivity index (χ1) is 16.7. The molecule has 2 aromatic carbocycles. The molecule has 0 aromatic heterocycles. The van der Waals surface area contributed by atoms with Gasteiger partial charge >= 0.3 is 5.97 Å². The number of amides is 1. The minimum atomic E-state index is -1.05. The first-order valence-corrected chi connectivity index (χ1v) is 13.1. The van der Waals surface area contributed by atoms with Crippen LogP contribution in [0.5, 0.6) is 0 Å². The van der Waals surface area contributed by atoms with Crippen molar-refractivity contribution < 1.29 is 19.4 Å². The third-order valence-corrected chi connectivity index (χ3v) is 7.84. The standard InChI is InChI=1S/C28H33Cl2NO4/c1-3-23(17-35-16-18-7-8-18)31-26(19-9-11-21(29)12-10-19)24(20-5-4-6-22(30)13-20)14-28(2,27(31)34)15-25(32)33/h4-6,9-13,18,23-24,26H,3,7-8,14-17H2,1-2H3,(H,32,33). The van der Waals surface area contributed by atoms with Crippen LogP contribution in [0.4, 0.5) is 0 Å². The molecule has 1 heterocycles. The van der Waals surface area contributed by atoms with E-state index in [1.54, 1.807) is 6.92 Å². The zero-order valence-corrected chi connectivity index (χ0v) is 21.8. The van der Waals surface area contributed by atoms with E-state index >= 15 is 0 Å². The highest BCUT2D eigenvalue weighted by atomic mass is 35.5. The molecule has 1 amide bonds. The van der Waals surface area contributed by atoms with Crippen LogP contribution < -0.4 is 0 Å². The minimum Gasteiger partial charge on any atom is -0.481 e. The minimum absolute atomic E-state index is 0.139. The summed E-state index contributed by atoms with van der Waals surface area (Å²) in [5, 5.41) is 11.0. The van der Waals surface area contributed by atoms with Crippen LogP contribution in [0.3, 0.4) is 0 Å². The fraction of sp³-hybridized carbons (Fsp3) is 0.500. The first kappa shape index (κ1) is 26.0. The van der Waals surface area contributed by atoms with E-state index in [1.165, 1.54) is 12.8 Å². The Kier molecular flexibility index (Phi) is 8.09. The fourth-order valence-electron chi connectivity index (χ4n) is 5.33. The summed E-state index contributed by atoms with van der Waals surface area (Å²) in [5.41, 5.74) is 0.900. The van der Waals surface area contributed by atoms with E-state index in [2.05, 4.69) is 6.92 Å². The lowest BCUT2D eigenvalue weighted by atomic mass is 9.67. The molecular weight excluding hydrogens is 485 g/mol. The molecule has 1 saturated heterocycles. The monoisotopic (exact) mass is 517 g/mol. The molecule has 35 heavy (non-hydrogen) atoms. The highest BCUT2D eigenvalue weighted by Gasteiger charge is 2.52. The number of carbonyl (C=O) groups is 2. The van der Waals surface area contributed by atoms with Crippen LogP contribution in [0.25, 0.3) is 0 Å². The van der Waals surface area contributed by atoms with Crippen LogP contribution in [0.2, 0.25) is 10.0 Å². The Hall–Kier alpha value is -2.08. The van der Waals surface area contributed by atoms with Gasteiger partial charge in [-0.05, 0) is 67.0 Å². The van der Waals surface area contributed by atoms with Gasteiger partial charge in [-0.15, -0.1) is 0 Å². The van der Waals surface area contributed by atoms with Gasteiger partial charge in [-0.3, -0.25) is 9.59 Å². The van der Waals surface area contributed by atoms with Crippen LogP contribution in [0.15, 0.2) is 48.5 Å². The number of hydrogen-bond donors (Lipinski definition) is 1. The Balaban J connectivity index is 1.81. The number of benzene rings is 2. The molecule has 1 aliphatic carbocycles. The number of carboxylic acid groups (broad SMARTS) is 1. The van der Waals surface area contributed by atoms with Crippen molar-refractivity contribution in [1.82, 2.24) is 4.90 Å². The quantitative estimate of drug-likeness (QED) is 0.379. The van der Waals surface area contributed by atoms with Gasteiger partial charge < -0.3 is 14.7 Å². The molecule has 2 aliphatic rings. The Morgan fingerprint density at radius 1 is 1.14 bits per heavy atom. The summed E-state index contributed by atoms with van der Waals surface area (Å²) >= 11 is 12.6. The summed E-state index contributed by atoms with van der Waals surface area (Å²) < 4.78 is 6.07. The molecule has 1 saturated carbocycles. The number of piperidine rings is 1. The van der Waals surface area contributed by atoms with Crippen LogP contribution in [-0.2, 0) is 14.3 Å². The third kappa shape index (κ3) is 6.02. The fourth-order valence-corrected chi connectivity index (χ4v) is 5.66. The largest absolute Gasteiger partial charge is 0.481 e. The van der Waals surface area contributed by atoms with Crippen molar-refractivity contribution in [2.45, 2.75) is 64.0 Å². The van der Waals surface area contributed by atoms with Gasteiger partial charge in [-0.1, -0.05) is 61.3 Å². The third-order valence-electron chi connectivity index (χ3n) is 7.36. The number of carbonyl (C=O) groups excluding carboxylic acids is 1. The number of likely N-dealkylation sites (tertiary alicyclic amines) is 1. The van der Waals surface area contributed by atoms with Crippen molar-refractivity contribution in [3.8, 4) is 0 Å². The lowest BCUT2D eigenvalue weighted by Gasteiger charge is -2.51. The van der Waals surface area contributed by atoms with Crippen LogP contribution in [0, 0.1) is 11.3 Å². The van der Waals surface area contributed by atoms with Gasteiger partial charge in [0.15, 0.2) is 0 Å². The van der Waals surface area contributed by atoms with Crippen LogP contribution >= 0.6 is 23.2 Å². The van der Waals surface area contributed by atoms with Crippen molar-refractivity contribution in [3.63, 3.8) is 0 Å². The summed E-state index contributed by atoms with van der Waals surface area (Å²) in [4.78, 5) is 27.9. The summed E-state index contributed by atoms with van der Waals surface area (Å²) in [6, 6.07) is 14.8. The van der Waals surface area contributed by atoms with E-state index in [0.717, 1.165) is 11.1 Å². The summed E-state index contributed by atoms with van der Waals surface area (Å²) in [6.07, 6.45) is 3.26. The van der Waals surface area contributed by atoms with E-state index in [1.807, 2.05) is 53.4 Å². The Labute approximate surface area is 217 Å². The van der Waals surface area contributed by atoms with Gasteiger partial charge in [-0.2, -0.15) is 0 Å². The van der Waals surface area contributed by atoms with E-state index in [4.69, 9.17) is 27.9 Å². The van der Waals surface area contributed by atoms with Crippen molar-refractivity contribution in [2.75, 3.05) is 13.2 Å². The smallest absolute Gasteiger partial charge is 0.304 e. The van der Waals surface area contributed by atoms with Gasteiger partial charge in [0, 0.05) is 22.6 Å². The number of rotatable bonds is 10. The van der Waals surface area contributed by atoms with Gasteiger partial charge in [0.25, 0.3) is 0 Å². The summed E-state index contributed by atoms with van der Waals surface area (Å²) in [7, 11) is 0. The highest BCUT2D eigenvalue weighted by Crippen LogP contribution is 2.52. The lowest BCUT2D eigenvalue weighted by molar-refractivity contribution is -0.162. The molecular formula is C28H33Cl2NO4. The van der Waals surface area contributed by atoms with Gasteiger partial charge in [0.1, 0.15) is 0 Å². The molecule has 4 rings (SSSR count). The molecule has 4 unspecified atom stereocenters. The predicted octanol–water partition coefficient (Wildman–Crippen LogP) is 6.74. The molecule has 1 aliphatic heterocycles. The molecule has 2 aromatic rings. The van der Waals surface area contributed by atoms with E-state index in [-0.39, 0.29) is 30.3 Å². The van der Waals surface area contributed by atoms with Crippen molar-refractivity contribution in [1.29, 1.82) is 0 Å². The number of carboxylic acids is 1. The lowest BCUT2D eigenvalue weighted by Crippen LogP contribution is -2.57. The second-order valence-electron chi connectivity index (χ2n) is 10.2. The van der Waals surface area contributed by atoms with E-state index < -0.39 is 11.4 Å². The zero-order valence-electron chi connectivity index (χ0n) is 20.3. The maximum Gasteiger partial charge on any atom is 0.304 e. The molecule has 5 nitrogen and oxygen atoms in total. The molecule has 0 spiro atoms. The molecule has 0 bridgehead atoms. The number of nitrogens with zero attached hydrogens (tertiary/aromatic N) is 1. The Morgan fingerprint density at radius 3 is 2.46 bits per heavy atom. The predicted molar refractivity (Wildman–Crippen MR) is 138 cm³/mol. The Morgan fingerprint density at radius 2 is 1.86 bits per heavy atom. The summed E-state index contributed by atoms with van der Waals surface area (Å²) in [5.74, 6) is -0.642. The second-order valence-corrected chi connectivity index (χ2v) is 11.1. The molecule has 4 atom stereocenters. The maximum absolute atomic E-state index is 14.1. The topological polar surface area (TPSA) is 66.8 Å². The van der Waals surface area contributed by atoms with Crippen LogP contribution in [0.1, 0.15) is 69.0 Å². The van der Waals surface area contributed by atoms with E-state index in [9.17, 15) is 14.7 Å². The van der Waals surface area contributed by atoms with Crippen molar-refractivity contribution in [3.05, 3.63) is 69.7 Å². The number of halogens is 2.